The molecule has 2 rings (SSSR count). The molecule has 0 bridgehead atoms. The van der Waals surface area contributed by atoms with Gasteiger partial charge in [-0.2, -0.15) is 0 Å². The Bertz CT molecular complexity index is 698. The van der Waals surface area contributed by atoms with Crippen molar-refractivity contribution in [2.24, 2.45) is 4.99 Å². The summed E-state index contributed by atoms with van der Waals surface area (Å²) >= 11 is 3.35. The molecular formula is C17H16BrNO4. The summed E-state index contributed by atoms with van der Waals surface area (Å²) in [4.78, 5) is 14.9. The van der Waals surface area contributed by atoms with E-state index in [0.717, 1.165) is 17.0 Å². The van der Waals surface area contributed by atoms with E-state index >= 15 is 0 Å². The van der Waals surface area contributed by atoms with Crippen LogP contribution in [0, 0.1) is 0 Å². The van der Waals surface area contributed by atoms with E-state index in [2.05, 4.69) is 20.9 Å². The molecule has 0 radical (unpaired) electrons. The van der Waals surface area contributed by atoms with Gasteiger partial charge in [-0.25, -0.2) is 4.79 Å². The Labute approximate surface area is 142 Å². The quantitative estimate of drug-likeness (QED) is 0.738. The Morgan fingerprint density at radius 3 is 2.57 bits per heavy atom. The van der Waals surface area contributed by atoms with E-state index in [1.807, 2.05) is 37.3 Å². The lowest BCUT2D eigenvalue weighted by molar-refractivity contribution is -0.139. The van der Waals surface area contributed by atoms with Crippen LogP contribution in [0.15, 0.2) is 51.9 Å². The molecule has 0 atom stereocenters. The minimum atomic E-state index is -1.02. The summed E-state index contributed by atoms with van der Waals surface area (Å²) in [5.74, 6) is 0.276. The Morgan fingerprint density at radius 2 is 1.96 bits per heavy atom. The van der Waals surface area contributed by atoms with Gasteiger partial charge in [-0.3, -0.25) is 4.99 Å². The second-order valence-electron chi connectivity index (χ2n) is 4.56. The summed E-state index contributed by atoms with van der Waals surface area (Å²) in [6, 6.07) is 12.8. The Morgan fingerprint density at radius 1 is 1.22 bits per heavy atom. The summed E-state index contributed by atoms with van der Waals surface area (Å²) in [6.45, 7) is 2.19. The minimum absolute atomic E-state index is 0.377. The first-order chi connectivity index (χ1) is 11.1. The molecular weight excluding hydrogens is 362 g/mol. The first-order valence-electron chi connectivity index (χ1n) is 6.99. The zero-order chi connectivity index (χ0) is 16.7. The molecule has 2 aromatic rings. The summed E-state index contributed by atoms with van der Waals surface area (Å²) in [6.07, 6.45) is 1.72. The van der Waals surface area contributed by atoms with Gasteiger partial charge in [-0.1, -0.05) is 0 Å². The van der Waals surface area contributed by atoms with Crippen molar-refractivity contribution >= 4 is 33.8 Å². The number of carboxylic acid groups (broad SMARTS) is 1. The molecule has 1 N–H and O–H groups in total. The normalized spacial score (nSPS) is 10.7. The van der Waals surface area contributed by atoms with Crippen LogP contribution in [0.2, 0.25) is 0 Å². The van der Waals surface area contributed by atoms with Gasteiger partial charge in [0.15, 0.2) is 6.61 Å². The fourth-order valence-corrected chi connectivity index (χ4v) is 2.31. The van der Waals surface area contributed by atoms with E-state index in [4.69, 9.17) is 14.6 Å². The van der Waals surface area contributed by atoms with Gasteiger partial charge in [0.05, 0.1) is 16.8 Å². The zero-order valence-corrected chi connectivity index (χ0v) is 14.1. The Balaban J connectivity index is 2.04. The lowest BCUT2D eigenvalue weighted by Crippen LogP contribution is -2.09. The first-order valence-corrected chi connectivity index (χ1v) is 7.79. The molecule has 0 spiro atoms. The van der Waals surface area contributed by atoms with Crippen LogP contribution >= 0.6 is 15.9 Å². The van der Waals surface area contributed by atoms with Gasteiger partial charge >= 0.3 is 5.97 Å². The number of ether oxygens (including phenoxy) is 2. The van der Waals surface area contributed by atoms with Gasteiger partial charge < -0.3 is 14.6 Å². The number of rotatable bonds is 7. The molecule has 23 heavy (non-hydrogen) atoms. The maximum Gasteiger partial charge on any atom is 0.341 e. The highest BCUT2D eigenvalue weighted by molar-refractivity contribution is 9.10. The number of aliphatic imine (C=N–C) groups is 1. The van der Waals surface area contributed by atoms with Crippen LogP contribution in [0.3, 0.4) is 0 Å². The number of hydrogen-bond acceptors (Lipinski definition) is 4. The number of aliphatic carboxylic acids is 1. The van der Waals surface area contributed by atoms with E-state index in [9.17, 15) is 4.79 Å². The average molecular weight is 378 g/mol. The van der Waals surface area contributed by atoms with Crippen molar-refractivity contribution in [1.82, 2.24) is 0 Å². The number of hydrogen-bond donors (Lipinski definition) is 1. The van der Waals surface area contributed by atoms with Gasteiger partial charge in [-0.15, -0.1) is 0 Å². The average Bonchev–Trinajstić information content (AvgIpc) is 2.53. The monoisotopic (exact) mass is 377 g/mol. The highest BCUT2D eigenvalue weighted by Gasteiger charge is 2.04. The van der Waals surface area contributed by atoms with Crippen molar-refractivity contribution in [3.05, 3.63) is 52.5 Å². The van der Waals surface area contributed by atoms with Crippen molar-refractivity contribution in [3.63, 3.8) is 0 Å². The summed E-state index contributed by atoms with van der Waals surface area (Å²) in [7, 11) is 0. The lowest BCUT2D eigenvalue weighted by Gasteiger charge is -2.06. The molecule has 120 valence electrons. The maximum atomic E-state index is 10.5. The van der Waals surface area contributed by atoms with E-state index in [1.54, 1.807) is 18.3 Å². The zero-order valence-electron chi connectivity index (χ0n) is 12.5. The minimum Gasteiger partial charge on any atom is -0.494 e. The molecule has 0 saturated carbocycles. The largest absolute Gasteiger partial charge is 0.494 e. The molecule has 0 unspecified atom stereocenters. The molecule has 6 heteroatoms. The Kier molecular flexibility index (Phi) is 6.17. The highest BCUT2D eigenvalue weighted by atomic mass is 79.9. The van der Waals surface area contributed by atoms with Gasteiger partial charge in [0.1, 0.15) is 11.5 Å². The molecule has 0 amide bonds. The summed E-state index contributed by atoms with van der Waals surface area (Å²) in [5.41, 5.74) is 1.68. The van der Waals surface area contributed by atoms with E-state index in [0.29, 0.717) is 16.8 Å². The van der Waals surface area contributed by atoms with Crippen LogP contribution in [0.25, 0.3) is 0 Å². The number of nitrogens with zero attached hydrogens (tertiary/aromatic N) is 1. The van der Waals surface area contributed by atoms with Crippen molar-refractivity contribution in [2.75, 3.05) is 13.2 Å². The van der Waals surface area contributed by atoms with Crippen LogP contribution in [-0.2, 0) is 4.79 Å². The van der Waals surface area contributed by atoms with E-state index < -0.39 is 5.97 Å². The molecule has 0 aromatic heterocycles. The summed E-state index contributed by atoms with van der Waals surface area (Å²) in [5, 5.41) is 8.61. The predicted octanol–water partition coefficient (Wildman–Crippen LogP) is 4.06. The molecule has 0 heterocycles. The number of halogens is 1. The number of benzene rings is 2. The van der Waals surface area contributed by atoms with Crippen molar-refractivity contribution in [1.29, 1.82) is 0 Å². The standard InChI is InChI=1S/C17H16BrNO4/c1-2-22-14-6-4-13(5-7-14)19-10-12-3-8-16(15(18)9-12)23-11-17(20)21/h3-10H,2,11H2,1H3,(H,20,21). The van der Waals surface area contributed by atoms with Crippen molar-refractivity contribution in [3.8, 4) is 11.5 Å². The number of carbonyl (C=O) groups is 1. The van der Waals surface area contributed by atoms with Crippen molar-refractivity contribution < 1.29 is 19.4 Å². The Hall–Kier alpha value is -2.34. The summed E-state index contributed by atoms with van der Waals surface area (Å²) < 4.78 is 11.2. The molecule has 0 saturated heterocycles. The van der Waals surface area contributed by atoms with Crippen LogP contribution < -0.4 is 9.47 Å². The first kappa shape index (κ1) is 17.0. The second kappa shape index (κ2) is 8.33. The third-order valence-electron chi connectivity index (χ3n) is 2.82. The van der Waals surface area contributed by atoms with Gasteiger partial charge in [0.25, 0.3) is 0 Å². The topological polar surface area (TPSA) is 68.1 Å². The van der Waals surface area contributed by atoms with Crippen LogP contribution in [0.4, 0.5) is 5.69 Å². The fourth-order valence-electron chi connectivity index (χ4n) is 1.80. The highest BCUT2D eigenvalue weighted by Crippen LogP contribution is 2.26. The smallest absolute Gasteiger partial charge is 0.341 e. The third kappa shape index (κ3) is 5.41. The van der Waals surface area contributed by atoms with Crippen LogP contribution in [0.5, 0.6) is 11.5 Å². The van der Waals surface area contributed by atoms with E-state index in [1.165, 1.54) is 0 Å². The van der Waals surface area contributed by atoms with Gasteiger partial charge in [0, 0.05) is 6.21 Å². The van der Waals surface area contributed by atoms with Gasteiger partial charge in [0.2, 0.25) is 0 Å². The number of carboxylic acids is 1. The molecule has 0 aliphatic rings. The third-order valence-corrected chi connectivity index (χ3v) is 3.44. The van der Waals surface area contributed by atoms with Gasteiger partial charge in [-0.05, 0) is 70.9 Å². The maximum absolute atomic E-state index is 10.5. The fraction of sp³-hybridized carbons (Fsp3) is 0.176. The van der Waals surface area contributed by atoms with Crippen LogP contribution in [0.1, 0.15) is 12.5 Å². The lowest BCUT2D eigenvalue weighted by atomic mass is 10.2. The predicted molar refractivity (Wildman–Crippen MR) is 92.1 cm³/mol. The molecule has 0 aliphatic carbocycles. The second-order valence-corrected chi connectivity index (χ2v) is 5.41. The van der Waals surface area contributed by atoms with E-state index in [-0.39, 0.29) is 6.61 Å². The molecule has 2 aromatic carbocycles. The van der Waals surface area contributed by atoms with Crippen LogP contribution in [-0.4, -0.2) is 30.5 Å². The molecule has 0 aliphatic heterocycles. The SMILES string of the molecule is CCOc1ccc(N=Cc2ccc(OCC(=O)O)c(Br)c2)cc1. The molecule has 0 fully saturated rings. The van der Waals surface area contributed by atoms with Crippen molar-refractivity contribution in [2.45, 2.75) is 6.92 Å². The molecule has 5 nitrogen and oxygen atoms in total.